The van der Waals surface area contributed by atoms with E-state index in [1.54, 1.807) is 30.7 Å². The number of fused-ring (bicyclic) bond motifs is 1. The number of carbonyl (C=O) groups is 2. The Morgan fingerprint density at radius 1 is 1.35 bits per heavy atom. The van der Waals surface area contributed by atoms with Gasteiger partial charge in [-0.1, -0.05) is 0 Å². The minimum absolute atomic E-state index is 0.217. The molecule has 0 aliphatic carbocycles. The minimum atomic E-state index is -1.03. The molecule has 2 N–H and O–H groups in total. The van der Waals surface area contributed by atoms with Gasteiger partial charge in [0.05, 0.1) is 5.92 Å². The number of amides is 1. The SMILES string of the molecule is O=C(NC(Cc1ccncc1)C(=O)O)C1CCc2nccn2C1. The second-order valence-corrected chi connectivity index (χ2v) is 5.69. The molecule has 0 spiro atoms. The topological polar surface area (TPSA) is 97.1 Å². The van der Waals surface area contributed by atoms with E-state index >= 15 is 0 Å². The van der Waals surface area contributed by atoms with E-state index in [0.29, 0.717) is 13.0 Å². The number of carboxylic acid groups (broad SMARTS) is 1. The summed E-state index contributed by atoms with van der Waals surface area (Å²) in [7, 11) is 0. The first-order valence-corrected chi connectivity index (χ1v) is 7.55. The van der Waals surface area contributed by atoms with E-state index in [4.69, 9.17) is 0 Å². The van der Waals surface area contributed by atoms with E-state index in [1.807, 2.05) is 10.8 Å². The van der Waals surface area contributed by atoms with Crippen molar-refractivity contribution in [3.8, 4) is 0 Å². The van der Waals surface area contributed by atoms with Gasteiger partial charge in [0.1, 0.15) is 11.9 Å². The normalized spacial score (nSPS) is 18.0. The number of aliphatic carboxylic acids is 1. The van der Waals surface area contributed by atoms with Gasteiger partial charge in [0, 0.05) is 44.2 Å². The van der Waals surface area contributed by atoms with Crippen LogP contribution in [0.1, 0.15) is 17.8 Å². The van der Waals surface area contributed by atoms with Gasteiger partial charge >= 0.3 is 5.97 Å². The summed E-state index contributed by atoms with van der Waals surface area (Å²) in [6, 6.07) is 2.56. The lowest BCUT2D eigenvalue weighted by Crippen LogP contribution is -2.46. The first-order valence-electron chi connectivity index (χ1n) is 7.55. The van der Waals surface area contributed by atoms with E-state index in [-0.39, 0.29) is 18.2 Å². The van der Waals surface area contributed by atoms with Crippen molar-refractivity contribution in [2.75, 3.05) is 0 Å². The average Bonchev–Trinajstić information content (AvgIpc) is 3.02. The van der Waals surface area contributed by atoms with Crippen molar-refractivity contribution in [1.82, 2.24) is 19.9 Å². The molecule has 2 unspecified atom stereocenters. The van der Waals surface area contributed by atoms with Crippen molar-refractivity contribution < 1.29 is 14.7 Å². The van der Waals surface area contributed by atoms with Gasteiger partial charge in [-0.05, 0) is 24.1 Å². The molecule has 2 atom stereocenters. The second kappa shape index (κ2) is 6.60. The first kappa shape index (κ1) is 15.2. The second-order valence-electron chi connectivity index (χ2n) is 5.69. The molecule has 120 valence electrons. The highest BCUT2D eigenvalue weighted by atomic mass is 16.4. The Kier molecular flexibility index (Phi) is 4.36. The molecule has 0 bridgehead atoms. The molecule has 7 nitrogen and oxygen atoms in total. The molecular weight excluding hydrogens is 296 g/mol. The van der Waals surface area contributed by atoms with Gasteiger partial charge in [-0.25, -0.2) is 9.78 Å². The third-order valence-electron chi connectivity index (χ3n) is 4.11. The van der Waals surface area contributed by atoms with Crippen LogP contribution < -0.4 is 5.32 Å². The largest absolute Gasteiger partial charge is 0.480 e. The van der Waals surface area contributed by atoms with Crippen LogP contribution in [-0.2, 0) is 29.0 Å². The van der Waals surface area contributed by atoms with Gasteiger partial charge < -0.3 is 15.0 Å². The smallest absolute Gasteiger partial charge is 0.326 e. The van der Waals surface area contributed by atoms with Crippen molar-refractivity contribution in [2.45, 2.75) is 31.8 Å². The highest BCUT2D eigenvalue weighted by molar-refractivity contribution is 5.85. The number of pyridine rings is 1. The number of hydrogen-bond acceptors (Lipinski definition) is 4. The Bertz CT molecular complexity index is 698. The number of imidazole rings is 1. The molecule has 1 amide bonds. The predicted octanol–water partition coefficient (Wildman–Crippen LogP) is 0.653. The van der Waals surface area contributed by atoms with E-state index in [2.05, 4.69) is 15.3 Å². The maximum absolute atomic E-state index is 12.4. The molecule has 23 heavy (non-hydrogen) atoms. The summed E-state index contributed by atoms with van der Waals surface area (Å²) in [5.74, 6) is -0.503. The van der Waals surface area contributed by atoms with Gasteiger partial charge in [0.2, 0.25) is 5.91 Å². The lowest BCUT2D eigenvalue weighted by molar-refractivity contribution is -0.142. The monoisotopic (exact) mass is 314 g/mol. The summed E-state index contributed by atoms with van der Waals surface area (Å²) in [6.45, 7) is 0.544. The van der Waals surface area contributed by atoms with Gasteiger partial charge in [-0.3, -0.25) is 9.78 Å². The minimum Gasteiger partial charge on any atom is -0.480 e. The molecule has 2 aromatic heterocycles. The number of nitrogens with zero attached hydrogens (tertiary/aromatic N) is 3. The molecule has 1 aliphatic heterocycles. The van der Waals surface area contributed by atoms with Crippen LogP contribution in [0, 0.1) is 5.92 Å². The average molecular weight is 314 g/mol. The lowest BCUT2D eigenvalue weighted by atomic mass is 9.97. The molecule has 2 aromatic rings. The van der Waals surface area contributed by atoms with Crippen LogP contribution in [0.2, 0.25) is 0 Å². The summed E-state index contributed by atoms with van der Waals surface area (Å²) in [4.78, 5) is 32.0. The molecule has 0 radical (unpaired) electrons. The molecule has 3 rings (SSSR count). The maximum atomic E-state index is 12.4. The zero-order chi connectivity index (χ0) is 16.2. The van der Waals surface area contributed by atoms with Crippen LogP contribution in [0.25, 0.3) is 0 Å². The molecular formula is C16H18N4O3. The van der Waals surface area contributed by atoms with Crippen molar-refractivity contribution in [2.24, 2.45) is 5.92 Å². The number of hydrogen-bond donors (Lipinski definition) is 2. The molecule has 0 saturated carbocycles. The number of carbonyl (C=O) groups excluding carboxylic acids is 1. The molecule has 1 aliphatic rings. The third-order valence-corrected chi connectivity index (χ3v) is 4.11. The summed E-state index contributed by atoms with van der Waals surface area (Å²) in [5, 5.41) is 12.0. The highest BCUT2D eigenvalue weighted by Gasteiger charge is 2.28. The summed E-state index contributed by atoms with van der Waals surface area (Å²) < 4.78 is 1.95. The quantitative estimate of drug-likeness (QED) is 0.844. The summed E-state index contributed by atoms with van der Waals surface area (Å²) in [5.41, 5.74) is 0.827. The van der Waals surface area contributed by atoms with E-state index in [0.717, 1.165) is 17.8 Å². The fraction of sp³-hybridized carbons (Fsp3) is 0.375. The van der Waals surface area contributed by atoms with Gasteiger partial charge in [-0.2, -0.15) is 0 Å². The Morgan fingerprint density at radius 2 is 2.13 bits per heavy atom. The van der Waals surface area contributed by atoms with Crippen LogP contribution in [0.4, 0.5) is 0 Å². The predicted molar refractivity (Wildman–Crippen MR) is 81.5 cm³/mol. The van der Waals surface area contributed by atoms with Crippen molar-refractivity contribution >= 4 is 11.9 Å². The Hall–Kier alpha value is -2.70. The fourth-order valence-electron chi connectivity index (χ4n) is 2.82. The Morgan fingerprint density at radius 3 is 2.87 bits per heavy atom. The lowest BCUT2D eigenvalue weighted by Gasteiger charge is -2.24. The number of aryl methyl sites for hydroxylation is 1. The van der Waals surface area contributed by atoms with Crippen LogP contribution in [-0.4, -0.2) is 37.6 Å². The third kappa shape index (κ3) is 3.56. The zero-order valence-corrected chi connectivity index (χ0v) is 12.6. The highest BCUT2D eigenvalue weighted by Crippen LogP contribution is 2.19. The molecule has 7 heteroatoms. The van der Waals surface area contributed by atoms with E-state index in [9.17, 15) is 14.7 Å². The number of aromatic nitrogens is 3. The van der Waals surface area contributed by atoms with Crippen molar-refractivity contribution in [3.63, 3.8) is 0 Å². The van der Waals surface area contributed by atoms with Gasteiger partial charge in [0.25, 0.3) is 0 Å². The molecule has 0 aromatic carbocycles. The van der Waals surface area contributed by atoms with Gasteiger partial charge in [-0.15, -0.1) is 0 Å². The maximum Gasteiger partial charge on any atom is 0.326 e. The van der Waals surface area contributed by atoms with Crippen LogP contribution in [0.5, 0.6) is 0 Å². The Balaban J connectivity index is 1.64. The summed E-state index contributed by atoms with van der Waals surface area (Å²) in [6.07, 6.45) is 8.44. The van der Waals surface area contributed by atoms with Crippen molar-refractivity contribution in [1.29, 1.82) is 0 Å². The van der Waals surface area contributed by atoms with Gasteiger partial charge in [0.15, 0.2) is 0 Å². The fourth-order valence-corrected chi connectivity index (χ4v) is 2.82. The van der Waals surface area contributed by atoms with E-state index in [1.165, 1.54) is 0 Å². The number of carboxylic acids is 1. The van der Waals surface area contributed by atoms with E-state index < -0.39 is 12.0 Å². The molecule has 0 saturated heterocycles. The zero-order valence-electron chi connectivity index (χ0n) is 12.6. The van der Waals surface area contributed by atoms with Crippen LogP contribution in [0.3, 0.4) is 0 Å². The van der Waals surface area contributed by atoms with Crippen LogP contribution in [0.15, 0.2) is 36.9 Å². The first-order chi connectivity index (χ1) is 11.1. The molecule has 3 heterocycles. The van der Waals surface area contributed by atoms with Crippen molar-refractivity contribution in [3.05, 3.63) is 48.3 Å². The molecule has 0 fully saturated rings. The van der Waals surface area contributed by atoms with Crippen LogP contribution >= 0.6 is 0 Å². The number of nitrogens with one attached hydrogen (secondary N) is 1. The Labute approximate surface area is 133 Å². The standard InChI is InChI=1S/C16H18N4O3/c21-15(12-1-2-14-18-7-8-20(14)10-12)19-13(16(22)23)9-11-3-5-17-6-4-11/h3-8,12-13H,1-2,9-10H2,(H,19,21)(H,22,23). The summed E-state index contributed by atoms with van der Waals surface area (Å²) >= 11 is 0. The number of rotatable bonds is 5.